The quantitative estimate of drug-likeness (QED) is 0.468. The van der Waals surface area contributed by atoms with E-state index in [1.165, 1.54) is 31.4 Å². The smallest absolute Gasteiger partial charge is 0.414 e. The van der Waals surface area contributed by atoms with E-state index in [4.69, 9.17) is 16.3 Å². The molecule has 176 valence electrons. The van der Waals surface area contributed by atoms with Gasteiger partial charge in [-0.05, 0) is 36.8 Å². The molecule has 2 amide bonds. The van der Waals surface area contributed by atoms with Crippen LogP contribution in [0.3, 0.4) is 0 Å². The van der Waals surface area contributed by atoms with Gasteiger partial charge in [-0.25, -0.2) is 14.2 Å². The van der Waals surface area contributed by atoms with Gasteiger partial charge in [-0.2, -0.15) is 4.98 Å². The molecule has 0 fully saturated rings. The van der Waals surface area contributed by atoms with Crippen molar-refractivity contribution in [1.29, 1.82) is 0 Å². The molecule has 3 aromatic rings. The number of carbonyl (C=O) groups is 2. The molecule has 0 radical (unpaired) electrons. The Kier molecular flexibility index (Phi) is 6.78. The van der Waals surface area contributed by atoms with Crippen molar-refractivity contribution >= 4 is 52.4 Å². The van der Waals surface area contributed by atoms with Gasteiger partial charge in [0.1, 0.15) is 10.8 Å². The van der Waals surface area contributed by atoms with Crippen molar-refractivity contribution in [2.75, 3.05) is 35.7 Å². The fourth-order valence-electron chi connectivity index (χ4n) is 3.57. The second kappa shape index (κ2) is 9.92. The zero-order valence-corrected chi connectivity index (χ0v) is 19.2. The third-order valence-electron chi connectivity index (χ3n) is 5.24. The summed E-state index contributed by atoms with van der Waals surface area (Å²) in [7, 11) is 1.45. The van der Waals surface area contributed by atoms with Crippen molar-refractivity contribution in [1.82, 2.24) is 15.3 Å². The van der Waals surface area contributed by atoms with Crippen LogP contribution >= 0.6 is 11.6 Å². The lowest BCUT2D eigenvalue weighted by Gasteiger charge is -2.20. The van der Waals surface area contributed by atoms with Crippen LogP contribution in [0.4, 0.5) is 38.0 Å². The molecule has 2 heterocycles. The highest BCUT2D eigenvalue weighted by molar-refractivity contribution is 6.33. The summed E-state index contributed by atoms with van der Waals surface area (Å²) in [5, 5.41) is 8.49. The first-order valence-electron chi connectivity index (χ1n) is 10.6. The number of halogens is 2. The summed E-state index contributed by atoms with van der Waals surface area (Å²) in [6.45, 7) is 2.64. The molecule has 0 saturated carbocycles. The van der Waals surface area contributed by atoms with Crippen LogP contribution in [0.1, 0.15) is 22.8 Å². The Morgan fingerprint density at radius 2 is 2.09 bits per heavy atom. The minimum Gasteiger partial charge on any atom is -0.449 e. The molecule has 0 saturated heterocycles. The molecule has 11 heteroatoms. The number of hydrogen-bond acceptors (Lipinski definition) is 7. The molecule has 2 aromatic carbocycles. The molecule has 0 unspecified atom stereocenters. The van der Waals surface area contributed by atoms with Crippen LogP contribution < -0.4 is 20.9 Å². The fraction of sp³-hybridized carbons (Fsp3) is 0.217. The number of carbonyl (C=O) groups excluding carboxylic acids is 2. The van der Waals surface area contributed by atoms with Crippen LogP contribution in [0.2, 0.25) is 5.02 Å². The Labute approximate surface area is 200 Å². The molecular weight excluding hydrogens is 463 g/mol. The molecule has 0 aliphatic carbocycles. The van der Waals surface area contributed by atoms with E-state index >= 15 is 0 Å². The van der Waals surface area contributed by atoms with Gasteiger partial charge in [0.05, 0.1) is 29.7 Å². The van der Waals surface area contributed by atoms with Crippen molar-refractivity contribution < 1.29 is 18.7 Å². The van der Waals surface area contributed by atoms with Gasteiger partial charge >= 0.3 is 6.09 Å². The second-order valence-electron chi connectivity index (χ2n) is 7.33. The number of ether oxygens (including phenoxy) is 1. The molecule has 0 atom stereocenters. The average Bonchev–Trinajstić information content (AvgIpc) is 2.99. The van der Waals surface area contributed by atoms with E-state index in [0.717, 1.165) is 11.3 Å². The van der Waals surface area contributed by atoms with Crippen LogP contribution in [0.25, 0.3) is 0 Å². The van der Waals surface area contributed by atoms with Gasteiger partial charge in [0, 0.05) is 25.7 Å². The van der Waals surface area contributed by atoms with Gasteiger partial charge in [0.25, 0.3) is 5.91 Å². The SMILES string of the molecule is CCN1C(=O)OCCc2ccc(Nc3ncc(Cl)c(Nc4c(F)cccc4C(=O)NC)n3)cc21. The monoisotopic (exact) mass is 484 g/mol. The molecule has 34 heavy (non-hydrogen) atoms. The van der Waals surface area contributed by atoms with E-state index in [-0.39, 0.29) is 28.0 Å². The van der Waals surface area contributed by atoms with Gasteiger partial charge in [0.15, 0.2) is 5.82 Å². The van der Waals surface area contributed by atoms with Gasteiger partial charge in [-0.3, -0.25) is 9.69 Å². The maximum Gasteiger partial charge on any atom is 0.414 e. The summed E-state index contributed by atoms with van der Waals surface area (Å²) >= 11 is 6.24. The molecular formula is C23H22ClFN6O3. The number of amides is 2. The lowest BCUT2D eigenvalue weighted by atomic mass is 10.1. The van der Waals surface area contributed by atoms with Crippen LogP contribution in [-0.4, -0.2) is 42.2 Å². The Hall–Kier alpha value is -3.92. The van der Waals surface area contributed by atoms with Crippen LogP contribution in [0.15, 0.2) is 42.6 Å². The van der Waals surface area contributed by atoms with E-state index < -0.39 is 17.8 Å². The highest BCUT2D eigenvalue weighted by Gasteiger charge is 2.23. The fourth-order valence-corrected chi connectivity index (χ4v) is 3.70. The number of hydrogen-bond donors (Lipinski definition) is 3. The predicted octanol–water partition coefficient (Wildman–Crippen LogP) is 4.63. The summed E-state index contributed by atoms with van der Waals surface area (Å²) in [6.07, 6.45) is 1.57. The van der Waals surface area contributed by atoms with Gasteiger partial charge in [-0.15, -0.1) is 0 Å². The van der Waals surface area contributed by atoms with Gasteiger partial charge < -0.3 is 20.7 Å². The number of anilines is 5. The molecule has 1 aromatic heterocycles. The number of nitrogens with zero attached hydrogens (tertiary/aromatic N) is 3. The number of benzene rings is 2. The van der Waals surface area contributed by atoms with E-state index in [9.17, 15) is 14.0 Å². The van der Waals surface area contributed by atoms with Crippen molar-refractivity contribution in [3.63, 3.8) is 0 Å². The normalized spacial score (nSPS) is 12.9. The maximum absolute atomic E-state index is 14.5. The third kappa shape index (κ3) is 4.72. The zero-order valence-electron chi connectivity index (χ0n) is 18.5. The molecule has 0 spiro atoms. The highest BCUT2D eigenvalue weighted by Crippen LogP contribution is 2.31. The topological polar surface area (TPSA) is 108 Å². The van der Waals surface area contributed by atoms with Crippen molar-refractivity contribution in [3.8, 4) is 0 Å². The number of fused-ring (bicyclic) bond motifs is 1. The number of cyclic esters (lactones) is 1. The Morgan fingerprint density at radius 1 is 1.26 bits per heavy atom. The van der Waals surface area contributed by atoms with Gasteiger partial charge in [-0.1, -0.05) is 23.7 Å². The summed E-state index contributed by atoms with van der Waals surface area (Å²) in [5.41, 5.74) is 2.40. The van der Waals surface area contributed by atoms with Crippen molar-refractivity contribution in [2.45, 2.75) is 13.3 Å². The standard InChI is InChI=1S/C23H22ClFN6O3/c1-3-31-18-11-14(8-7-13(18)9-10-34-23(31)33)28-22-27-12-16(24)20(30-22)29-19-15(21(32)26-2)5-4-6-17(19)25/h4-8,11-12H,3,9-10H2,1-2H3,(H,26,32)(H2,27,28,29,30). The molecule has 1 aliphatic rings. The summed E-state index contributed by atoms with van der Waals surface area (Å²) < 4.78 is 19.8. The summed E-state index contributed by atoms with van der Waals surface area (Å²) in [5.74, 6) is -0.802. The van der Waals surface area contributed by atoms with Crippen molar-refractivity contribution in [2.24, 2.45) is 0 Å². The minimum atomic E-state index is -0.636. The third-order valence-corrected chi connectivity index (χ3v) is 5.52. The Bertz CT molecular complexity index is 1260. The number of para-hydroxylation sites is 1. The summed E-state index contributed by atoms with van der Waals surface area (Å²) in [6, 6.07) is 9.71. The molecule has 0 bridgehead atoms. The number of nitrogens with one attached hydrogen (secondary N) is 3. The Morgan fingerprint density at radius 3 is 2.85 bits per heavy atom. The predicted molar refractivity (Wildman–Crippen MR) is 128 cm³/mol. The molecule has 3 N–H and O–H groups in total. The molecule has 4 rings (SSSR count). The first-order valence-corrected chi connectivity index (χ1v) is 10.9. The van der Waals surface area contributed by atoms with E-state index in [2.05, 4.69) is 25.9 Å². The first kappa shape index (κ1) is 23.2. The first-order chi connectivity index (χ1) is 16.4. The van der Waals surface area contributed by atoms with E-state index in [0.29, 0.717) is 25.3 Å². The van der Waals surface area contributed by atoms with E-state index in [1.54, 1.807) is 4.90 Å². The van der Waals surface area contributed by atoms with Crippen LogP contribution in [0, 0.1) is 5.82 Å². The van der Waals surface area contributed by atoms with Crippen LogP contribution in [0.5, 0.6) is 0 Å². The van der Waals surface area contributed by atoms with Crippen LogP contribution in [-0.2, 0) is 11.2 Å². The lowest BCUT2D eigenvalue weighted by Crippen LogP contribution is -2.30. The Balaban J connectivity index is 1.64. The molecule has 1 aliphatic heterocycles. The zero-order chi connectivity index (χ0) is 24.2. The average molecular weight is 485 g/mol. The highest BCUT2D eigenvalue weighted by atomic mass is 35.5. The molecule has 9 nitrogen and oxygen atoms in total. The number of rotatable bonds is 6. The van der Waals surface area contributed by atoms with Gasteiger partial charge in [0.2, 0.25) is 5.95 Å². The summed E-state index contributed by atoms with van der Waals surface area (Å²) in [4.78, 5) is 34.5. The maximum atomic E-state index is 14.5. The number of aromatic nitrogens is 2. The minimum absolute atomic E-state index is 0.0597. The lowest BCUT2D eigenvalue weighted by molar-refractivity contribution is 0.0963. The largest absolute Gasteiger partial charge is 0.449 e. The van der Waals surface area contributed by atoms with Crippen molar-refractivity contribution in [3.05, 3.63) is 64.6 Å². The second-order valence-corrected chi connectivity index (χ2v) is 7.74. The van der Waals surface area contributed by atoms with E-state index in [1.807, 2.05) is 25.1 Å².